The summed E-state index contributed by atoms with van der Waals surface area (Å²) in [6, 6.07) is -0.271. The molecule has 1 atom stereocenters. The molecule has 2 heterocycles. The van der Waals surface area contributed by atoms with E-state index < -0.39 is 6.04 Å². The number of carbonyl (C=O) groups excluding carboxylic acids is 2. The molecule has 96 valence electrons. The summed E-state index contributed by atoms with van der Waals surface area (Å²) in [7, 11) is 1.83. The molecule has 0 aromatic carbocycles. The van der Waals surface area contributed by atoms with E-state index in [0.29, 0.717) is 0 Å². The number of nitrogens with zero attached hydrogens (tertiary/aromatic N) is 3. The molecule has 1 saturated heterocycles. The summed E-state index contributed by atoms with van der Waals surface area (Å²) in [5.41, 5.74) is 1.66. The molecule has 1 aromatic heterocycles. The minimum atomic E-state index is -0.430. The van der Waals surface area contributed by atoms with Gasteiger partial charge in [0, 0.05) is 19.3 Å². The van der Waals surface area contributed by atoms with E-state index in [-0.39, 0.29) is 24.3 Å². The van der Waals surface area contributed by atoms with Crippen LogP contribution >= 0.6 is 0 Å². The van der Waals surface area contributed by atoms with Gasteiger partial charge in [-0.3, -0.25) is 19.2 Å². The molecule has 18 heavy (non-hydrogen) atoms. The second-order valence-electron chi connectivity index (χ2n) is 5.04. The second-order valence-corrected chi connectivity index (χ2v) is 5.04. The van der Waals surface area contributed by atoms with E-state index in [9.17, 15) is 9.59 Å². The Labute approximate surface area is 105 Å². The molecule has 6 heteroatoms. The lowest BCUT2D eigenvalue weighted by molar-refractivity contribution is -0.139. The van der Waals surface area contributed by atoms with Crippen molar-refractivity contribution >= 4 is 17.5 Å². The molecular weight excluding hydrogens is 232 g/mol. The maximum absolute atomic E-state index is 12.1. The topological polar surface area (TPSA) is 67.2 Å². The van der Waals surface area contributed by atoms with Crippen LogP contribution in [0.1, 0.15) is 25.0 Å². The molecule has 0 radical (unpaired) electrons. The molecule has 1 aliphatic heterocycles. The highest BCUT2D eigenvalue weighted by molar-refractivity contribution is 6.07. The van der Waals surface area contributed by atoms with Crippen molar-refractivity contribution in [2.45, 2.75) is 38.3 Å². The van der Waals surface area contributed by atoms with Crippen LogP contribution in [-0.2, 0) is 16.6 Å². The van der Waals surface area contributed by atoms with E-state index in [1.54, 1.807) is 4.68 Å². The first-order chi connectivity index (χ1) is 8.56. The lowest BCUT2D eigenvalue weighted by Gasteiger charge is -2.14. The fraction of sp³-hybridized carbons (Fsp3) is 0.583. The molecule has 1 saturated carbocycles. The Morgan fingerprint density at radius 3 is 2.67 bits per heavy atom. The predicted octanol–water partition coefficient (Wildman–Crippen LogP) is 0.430. The van der Waals surface area contributed by atoms with Crippen molar-refractivity contribution in [2.75, 3.05) is 5.32 Å². The van der Waals surface area contributed by atoms with Crippen LogP contribution in [0.2, 0.25) is 0 Å². The molecule has 0 spiro atoms. The van der Waals surface area contributed by atoms with Gasteiger partial charge in [0.15, 0.2) is 0 Å². The first kappa shape index (κ1) is 11.3. The minimum absolute atomic E-state index is 0.0541. The number of likely N-dealkylation sites (tertiary alicyclic amines) is 1. The number of aromatic nitrogens is 2. The fourth-order valence-corrected chi connectivity index (χ4v) is 2.41. The smallest absolute Gasteiger partial charge is 0.252 e. The summed E-state index contributed by atoms with van der Waals surface area (Å²) in [4.78, 5) is 25.4. The number of anilines is 1. The van der Waals surface area contributed by atoms with Gasteiger partial charge in [0.2, 0.25) is 5.91 Å². The van der Waals surface area contributed by atoms with Crippen LogP contribution in [0.5, 0.6) is 0 Å². The lowest BCUT2D eigenvalue weighted by atomic mass is 10.2. The quantitative estimate of drug-likeness (QED) is 0.788. The molecular formula is C12H16N4O2. The van der Waals surface area contributed by atoms with Gasteiger partial charge in [-0.05, 0) is 19.8 Å². The van der Waals surface area contributed by atoms with Crippen molar-refractivity contribution in [3.05, 3.63) is 11.9 Å². The van der Waals surface area contributed by atoms with Crippen LogP contribution in [0.4, 0.5) is 5.69 Å². The zero-order chi connectivity index (χ0) is 12.9. The molecule has 3 rings (SSSR count). The Morgan fingerprint density at radius 2 is 2.11 bits per heavy atom. The predicted molar refractivity (Wildman–Crippen MR) is 64.8 cm³/mol. The monoisotopic (exact) mass is 248 g/mol. The Kier molecular flexibility index (Phi) is 2.39. The van der Waals surface area contributed by atoms with E-state index >= 15 is 0 Å². The van der Waals surface area contributed by atoms with Gasteiger partial charge < -0.3 is 5.32 Å². The zero-order valence-electron chi connectivity index (χ0n) is 10.5. The van der Waals surface area contributed by atoms with Crippen LogP contribution in [0.15, 0.2) is 6.20 Å². The van der Waals surface area contributed by atoms with Crippen molar-refractivity contribution in [3.8, 4) is 0 Å². The average Bonchev–Trinajstić information content (AvgIpc) is 3.00. The number of hydrogen-bond acceptors (Lipinski definition) is 4. The van der Waals surface area contributed by atoms with Gasteiger partial charge in [0.25, 0.3) is 5.91 Å². The summed E-state index contributed by atoms with van der Waals surface area (Å²) in [5.74, 6) is -0.146. The Morgan fingerprint density at radius 1 is 1.39 bits per heavy atom. The normalized spacial score (nSPS) is 23.9. The zero-order valence-corrected chi connectivity index (χ0v) is 10.5. The first-order valence-corrected chi connectivity index (χ1v) is 6.19. The van der Waals surface area contributed by atoms with E-state index in [1.165, 1.54) is 4.90 Å². The van der Waals surface area contributed by atoms with Gasteiger partial charge in [0.05, 0.1) is 17.8 Å². The van der Waals surface area contributed by atoms with Crippen LogP contribution in [0.25, 0.3) is 0 Å². The van der Waals surface area contributed by atoms with Crippen LogP contribution in [0, 0.1) is 6.92 Å². The van der Waals surface area contributed by atoms with E-state index in [4.69, 9.17) is 0 Å². The van der Waals surface area contributed by atoms with Crippen LogP contribution in [-0.4, -0.2) is 38.6 Å². The molecule has 2 fully saturated rings. The maximum atomic E-state index is 12.1. The third kappa shape index (κ3) is 1.77. The Balaban J connectivity index is 1.76. The summed E-state index contributed by atoms with van der Waals surface area (Å²) in [6.45, 7) is 1.88. The number of aryl methyl sites for hydroxylation is 2. The lowest BCUT2D eigenvalue weighted by Crippen LogP contribution is -2.36. The summed E-state index contributed by atoms with van der Waals surface area (Å²) in [6.07, 6.45) is 3.99. The number of rotatable bonds is 3. The van der Waals surface area contributed by atoms with Crippen molar-refractivity contribution < 1.29 is 9.59 Å². The Bertz CT molecular complexity index is 518. The molecule has 1 aliphatic carbocycles. The van der Waals surface area contributed by atoms with Crippen molar-refractivity contribution in [3.63, 3.8) is 0 Å². The number of imide groups is 1. The molecule has 6 nitrogen and oxygen atoms in total. The van der Waals surface area contributed by atoms with Gasteiger partial charge in [-0.1, -0.05) is 0 Å². The number of carbonyl (C=O) groups is 2. The van der Waals surface area contributed by atoms with Gasteiger partial charge in [-0.25, -0.2) is 0 Å². The maximum Gasteiger partial charge on any atom is 0.252 e. The molecule has 2 aliphatic rings. The second kappa shape index (κ2) is 3.83. The standard InChI is InChI=1S/C12H16N4O2/c1-7-10(6-15(2)14-7)13-9-5-11(17)16(12(9)18)8-3-4-8/h6,8-9,13H,3-5H2,1-2H3. The molecule has 2 amide bonds. The molecule has 0 bridgehead atoms. The van der Waals surface area contributed by atoms with Crippen LogP contribution in [0.3, 0.4) is 0 Å². The number of hydrogen-bond donors (Lipinski definition) is 1. The van der Waals surface area contributed by atoms with Gasteiger partial charge >= 0.3 is 0 Å². The van der Waals surface area contributed by atoms with Crippen LogP contribution < -0.4 is 5.32 Å². The van der Waals surface area contributed by atoms with Crippen molar-refractivity contribution in [2.24, 2.45) is 7.05 Å². The van der Waals surface area contributed by atoms with Gasteiger partial charge in [-0.2, -0.15) is 5.10 Å². The molecule has 1 aromatic rings. The summed E-state index contributed by atoms with van der Waals surface area (Å²) in [5, 5.41) is 7.34. The molecule has 1 N–H and O–H groups in total. The van der Waals surface area contributed by atoms with E-state index in [2.05, 4.69) is 10.4 Å². The van der Waals surface area contributed by atoms with Gasteiger partial charge in [-0.15, -0.1) is 0 Å². The summed E-state index contributed by atoms with van der Waals surface area (Å²) >= 11 is 0. The molecule has 1 unspecified atom stereocenters. The third-order valence-corrected chi connectivity index (χ3v) is 3.44. The van der Waals surface area contributed by atoms with E-state index in [1.807, 2.05) is 20.2 Å². The summed E-state index contributed by atoms with van der Waals surface area (Å²) < 4.78 is 1.69. The van der Waals surface area contributed by atoms with Gasteiger partial charge in [0.1, 0.15) is 6.04 Å². The highest BCUT2D eigenvalue weighted by Crippen LogP contribution is 2.32. The van der Waals surface area contributed by atoms with Crippen molar-refractivity contribution in [1.29, 1.82) is 0 Å². The SMILES string of the molecule is Cc1nn(C)cc1NC1CC(=O)N(C2CC2)C1=O. The average molecular weight is 248 g/mol. The first-order valence-electron chi connectivity index (χ1n) is 6.19. The highest BCUT2D eigenvalue weighted by atomic mass is 16.2. The highest BCUT2D eigenvalue weighted by Gasteiger charge is 2.46. The largest absolute Gasteiger partial charge is 0.370 e. The fourth-order valence-electron chi connectivity index (χ4n) is 2.41. The van der Waals surface area contributed by atoms with E-state index in [0.717, 1.165) is 24.2 Å². The van der Waals surface area contributed by atoms with Crippen molar-refractivity contribution in [1.82, 2.24) is 14.7 Å². The third-order valence-electron chi connectivity index (χ3n) is 3.44. The number of amides is 2. The minimum Gasteiger partial charge on any atom is -0.370 e. The number of nitrogens with one attached hydrogen (secondary N) is 1. The Hall–Kier alpha value is -1.85.